The van der Waals surface area contributed by atoms with E-state index in [0.29, 0.717) is 30.6 Å². The van der Waals surface area contributed by atoms with Crippen LogP contribution in [0.5, 0.6) is 0 Å². The third-order valence-electron chi connectivity index (χ3n) is 3.89. The minimum Gasteiger partial charge on any atom is -0.448 e. The predicted octanol–water partition coefficient (Wildman–Crippen LogP) is 1.99. The number of hydrogen-bond acceptors (Lipinski definition) is 5. The van der Waals surface area contributed by atoms with E-state index in [0.717, 1.165) is 0 Å². The lowest BCUT2D eigenvalue weighted by Gasteiger charge is -2.30. The van der Waals surface area contributed by atoms with E-state index in [1.165, 1.54) is 6.07 Å². The quantitative estimate of drug-likeness (QED) is 0.520. The second kappa shape index (κ2) is 9.04. The Balaban J connectivity index is 1.65. The Hall–Kier alpha value is -2.07. The van der Waals surface area contributed by atoms with E-state index in [9.17, 15) is 22.4 Å². The number of carbonyl (C=O) groups is 1. The van der Waals surface area contributed by atoms with Crippen LogP contribution in [0.1, 0.15) is 12.0 Å². The number of amides is 1. The van der Waals surface area contributed by atoms with Crippen LogP contribution >= 0.6 is 0 Å². The van der Waals surface area contributed by atoms with Crippen LogP contribution in [0.25, 0.3) is 0 Å². The maximum absolute atomic E-state index is 13.7. The molecule has 1 unspecified atom stereocenters. The van der Waals surface area contributed by atoms with Gasteiger partial charge in [0.2, 0.25) is 0 Å². The number of ether oxygens (including phenoxy) is 2. The molecule has 2 rings (SSSR count). The molecule has 1 aromatic rings. The summed E-state index contributed by atoms with van der Waals surface area (Å²) < 4.78 is 59.9. The van der Waals surface area contributed by atoms with Crippen LogP contribution in [0.3, 0.4) is 0 Å². The van der Waals surface area contributed by atoms with Crippen molar-refractivity contribution in [3.8, 4) is 0 Å². The molecule has 6 nitrogen and oxygen atoms in total. The first-order valence-corrected chi connectivity index (χ1v) is 8.10. The van der Waals surface area contributed by atoms with Gasteiger partial charge in [-0.05, 0) is 25.0 Å². The number of carbonyl (C=O) groups excluding carboxylic acids is 1. The molecule has 1 saturated heterocycles. The highest BCUT2D eigenvalue weighted by atomic mass is 19.4. The molecular formula is C16H21F4N3O3. The van der Waals surface area contributed by atoms with Crippen molar-refractivity contribution in [2.24, 2.45) is 0 Å². The highest BCUT2D eigenvalue weighted by Gasteiger charge is 2.28. The van der Waals surface area contributed by atoms with E-state index < -0.39 is 18.8 Å². The van der Waals surface area contributed by atoms with Crippen molar-refractivity contribution in [1.29, 1.82) is 0 Å². The molecule has 10 heteroatoms. The molecule has 0 spiro atoms. The molecule has 0 radical (unpaired) electrons. The number of alkyl carbamates (subject to hydrolysis) is 1. The van der Waals surface area contributed by atoms with E-state index in [4.69, 9.17) is 15.2 Å². The maximum atomic E-state index is 13.7. The number of anilines is 1. The monoisotopic (exact) mass is 379 g/mol. The van der Waals surface area contributed by atoms with Gasteiger partial charge in [0.1, 0.15) is 19.0 Å². The van der Waals surface area contributed by atoms with Crippen LogP contribution in [-0.4, -0.2) is 50.7 Å². The van der Waals surface area contributed by atoms with Crippen LogP contribution in [0.15, 0.2) is 18.2 Å². The van der Waals surface area contributed by atoms with Gasteiger partial charge < -0.3 is 25.8 Å². The molecule has 0 saturated carbocycles. The molecule has 1 aliphatic heterocycles. The summed E-state index contributed by atoms with van der Waals surface area (Å²) in [7, 11) is 0. The zero-order chi connectivity index (χ0) is 19.2. The zero-order valence-corrected chi connectivity index (χ0v) is 13.9. The Labute approximate surface area is 148 Å². The van der Waals surface area contributed by atoms with E-state index in [-0.39, 0.29) is 31.2 Å². The predicted molar refractivity (Wildman–Crippen MR) is 86.1 cm³/mol. The molecule has 0 aliphatic carbocycles. The van der Waals surface area contributed by atoms with Gasteiger partial charge >= 0.3 is 12.3 Å². The van der Waals surface area contributed by atoms with Crippen LogP contribution in [0.2, 0.25) is 0 Å². The molecule has 2 atom stereocenters. The third-order valence-corrected chi connectivity index (χ3v) is 3.89. The van der Waals surface area contributed by atoms with Crippen molar-refractivity contribution in [1.82, 2.24) is 10.6 Å². The summed E-state index contributed by atoms with van der Waals surface area (Å²) in [5.74, 6) is -0.357. The average Bonchev–Trinajstić information content (AvgIpc) is 2.58. The molecule has 1 aliphatic rings. The van der Waals surface area contributed by atoms with Gasteiger partial charge in [-0.1, -0.05) is 6.07 Å². The Bertz CT molecular complexity index is 585. The first-order chi connectivity index (χ1) is 12.2. The van der Waals surface area contributed by atoms with Crippen LogP contribution in [0.4, 0.5) is 28.0 Å². The number of morpholine rings is 1. The molecule has 1 aromatic carbocycles. The number of rotatable bonds is 6. The van der Waals surface area contributed by atoms with Crippen molar-refractivity contribution >= 4 is 11.8 Å². The van der Waals surface area contributed by atoms with Gasteiger partial charge in [-0.3, -0.25) is 0 Å². The molecule has 0 bridgehead atoms. The second-order valence-corrected chi connectivity index (χ2v) is 5.97. The zero-order valence-electron chi connectivity index (χ0n) is 13.9. The standard InChI is InChI=1S/C16H21F4N3O3/c17-13-2-1-3-14(21)12(13)5-4-11-6-22-10(7-25-11)8-26-15(24)23-9-16(18,19)20/h1-3,10-11,22H,4-9,21H2,(H,23,24)/t10?,11-/m1/s1. The second-order valence-electron chi connectivity index (χ2n) is 5.97. The van der Waals surface area contributed by atoms with Crippen molar-refractivity contribution < 1.29 is 31.8 Å². The van der Waals surface area contributed by atoms with Crippen LogP contribution in [0, 0.1) is 5.82 Å². The summed E-state index contributed by atoms with van der Waals surface area (Å²) in [5.41, 5.74) is 6.60. The maximum Gasteiger partial charge on any atom is 0.407 e. The number of alkyl halides is 3. The molecule has 1 heterocycles. The van der Waals surface area contributed by atoms with Crippen molar-refractivity contribution in [3.05, 3.63) is 29.6 Å². The van der Waals surface area contributed by atoms with Crippen LogP contribution < -0.4 is 16.4 Å². The molecule has 4 N–H and O–H groups in total. The lowest BCUT2D eigenvalue weighted by Crippen LogP contribution is -2.49. The normalized spacial score (nSPS) is 20.6. The minimum atomic E-state index is -4.49. The van der Waals surface area contributed by atoms with Gasteiger partial charge in [0, 0.05) is 17.8 Å². The summed E-state index contributed by atoms with van der Waals surface area (Å²) in [5, 5.41) is 4.70. The Morgan fingerprint density at radius 2 is 2.19 bits per heavy atom. The van der Waals surface area contributed by atoms with Gasteiger partial charge in [0.15, 0.2) is 0 Å². The molecular weight excluding hydrogens is 358 g/mol. The molecule has 146 valence electrons. The lowest BCUT2D eigenvalue weighted by molar-refractivity contribution is -0.123. The third kappa shape index (κ3) is 6.68. The fraction of sp³-hybridized carbons (Fsp3) is 0.562. The number of halogens is 4. The number of nitrogens with one attached hydrogen (secondary N) is 2. The first kappa shape index (κ1) is 20.2. The van der Waals surface area contributed by atoms with Gasteiger partial charge in [-0.25, -0.2) is 9.18 Å². The summed E-state index contributed by atoms with van der Waals surface area (Å²) in [4.78, 5) is 11.2. The molecule has 1 fully saturated rings. The largest absolute Gasteiger partial charge is 0.448 e. The van der Waals surface area contributed by atoms with Crippen LogP contribution in [-0.2, 0) is 15.9 Å². The number of hydrogen-bond donors (Lipinski definition) is 3. The lowest BCUT2D eigenvalue weighted by atomic mass is 10.0. The molecule has 26 heavy (non-hydrogen) atoms. The Kier molecular flexibility index (Phi) is 7.04. The molecule has 0 aromatic heterocycles. The van der Waals surface area contributed by atoms with Gasteiger partial charge in [0.25, 0.3) is 0 Å². The fourth-order valence-corrected chi connectivity index (χ4v) is 2.50. The Morgan fingerprint density at radius 3 is 2.81 bits per heavy atom. The van der Waals surface area contributed by atoms with E-state index in [1.54, 1.807) is 17.4 Å². The summed E-state index contributed by atoms with van der Waals surface area (Å²) >= 11 is 0. The van der Waals surface area contributed by atoms with Crippen molar-refractivity contribution in [2.45, 2.75) is 31.2 Å². The van der Waals surface area contributed by atoms with E-state index in [1.807, 2.05) is 0 Å². The number of benzene rings is 1. The summed E-state index contributed by atoms with van der Waals surface area (Å²) in [6, 6.07) is 4.21. The smallest absolute Gasteiger partial charge is 0.407 e. The Morgan fingerprint density at radius 1 is 1.42 bits per heavy atom. The summed E-state index contributed by atoms with van der Waals surface area (Å²) in [6.45, 7) is -0.880. The van der Waals surface area contributed by atoms with E-state index in [2.05, 4.69) is 5.32 Å². The fourth-order valence-electron chi connectivity index (χ4n) is 2.50. The van der Waals surface area contributed by atoms with Crippen molar-refractivity contribution in [2.75, 3.05) is 32.0 Å². The average molecular weight is 379 g/mol. The number of nitrogens with two attached hydrogens (primary N) is 1. The first-order valence-electron chi connectivity index (χ1n) is 8.10. The molecule has 1 amide bonds. The number of nitrogen functional groups attached to an aromatic ring is 1. The van der Waals surface area contributed by atoms with Crippen molar-refractivity contribution in [3.63, 3.8) is 0 Å². The van der Waals surface area contributed by atoms with Gasteiger partial charge in [-0.15, -0.1) is 0 Å². The highest BCUT2D eigenvalue weighted by molar-refractivity contribution is 5.67. The van der Waals surface area contributed by atoms with E-state index >= 15 is 0 Å². The minimum absolute atomic E-state index is 0.114. The SMILES string of the molecule is Nc1cccc(F)c1CC[C@@H]1CNC(COC(=O)NCC(F)(F)F)CO1. The highest BCUT2D eigenvalue weighted by Crippen LogP contribution is 2.19. The van der Waals surface area contributed by atoms with Gasteiger partial charge in [-0.2, -0.15) is 13.2 Å². The summed E-state index contributed by atoms with van der Waals surface area (Å²) in [6.07, 6.45) is -4.81. The topological polar surface area (TPSA) is 85.6 Å². The van der Waals surface area contributed by atoms with Gasteiger partial charge in [0.05, 0.1) is 18.8 Å².